The maximum atomic E-state index is 12.1. The van der Waals surface area contributed by atoms with E-state index in [9.17, 15) is 4.79 Å². The zero-order valence-electron chi connectivity index (χ0n) is 13.0. The normalized spacial score (nSPS) is 27.1. The van der Waals surface area contributed by atoms with Crippen LogP contribution < -0.4 is 5.32 Å². The van der Waals surface area contributed by atoms with E-state index in [0.717, 1.165) is 52.1 Å². The maximum Gasteiger partial charge on any atom is 0.410 e. The highest BCUT2D eigenvalue weighted by atomic mass is 16.6. The Labute approximate surface area is 122 Å². The van der Waals surface area contributed by atoms with Crippen molar-refractivity contribution in [2.75, 3.05) is 32.8 Å². The number of likely N-dealkylation sites (tertiary alicyclic amines) is 1. The lowest BCUT2D eigenvalue weighted by Gasteiger charge is -2.29. The lowest BCUT2D eigenvalue weighted by Crippen LogP contribution is -2.44. The van der Waals surface area contributed by atoms with Crippen molar-refractivity contribution in [2.45, 2.75) is 51.7 Å². The van der Waals surface area contributed by atoms with Crippen LogP contribution in [0.3, 0.4) is 0 Å². The SMILES string of the molecule is CC(C)(C)OC(=O)N1CCCC1CNCC1CCOC1. The van der Waals surface area contributed by atoms with Crippen molar-refractivity contribution in [2.24, 2.45) is 5.92 Å². The van der Waals surface area contributed by atoms with E-state index in [1.807, 2.05) is 25.7 Å². The Morgan fingerprint density at radius 1 is 1.35 bits per heavy atom. The monoisotopic (exact) mass is 284 g/mol. The first kappa shape index (κ1) is 15.6. The molecule has 20 heavy (non-hydrogen) atoms. The van der Waals surface area contributed by atoms with E-state index < -0.39 is 5.60 Å². The van der Waals surface area contributed by atoms with Gasteiger partial charge in [-0.25, -0.2) is 4.79 Å². The molecule has 1 amide bonds. The summed E-state index contributed by atoms with van der Waals surface area (Å²) in [5.41, 5.74) is -0.418. The fourth-order valence-corrected chi connectivity index (χ4v) is 2.81. The van der Waals surface area contributed by atoms with Gasteiger partial charge in [-0.15, -0.1) is 0 Å². The second kappa shape index (κ2) is 6.76. The van der Waals surface area contributed by atoms with E-state index in [2.05, 4.69) is 5.32 Å². The fraction of sp³-hybridized carbons (Fsp3) is 0.933. The highest BCUT2D eigenvalue weighted by molar-refractivity contribution is 5.69. The molecular weight excluding hydrogens is 256 g/mol. The van der Waals surface area contributed by atoms with Crippen molar-refractivity contribution in [1.82, 2.24) is 10.2 Å². The first-order valence-corrected chi connectivity index (χ1v) is 7.74. The summed E-state index contributed by atoms with van der Waals surface area (Å²) < 4.78 is 10.8. The molecule has 2 heterocycles. The number of carbonyl (C=O) groups is 1. The standard InChI is InChI=1S/C15H28N2O3/c1-15(2,3)20-14(18)17-7-4-5-13(17)10-16-9-12-6-8-19-11-12/h12-13,16H,4-11H2,1-3H3. The van der Waals surface area contributed by atoms with Gasteiger partial charge in [-0.1, -0.05) is 0 Å². The van der Waals surface area contributed by atoms with Crippen LogP contribution in [0.1, 0.15) is 40.0 Å². The molecule has 0 bridgehead atoms. The number of nitrogens with zero attached hydrogens (tertiary/aromatic N) is 1. The van der Waals surface area contributed by atoms with Crippen LogP contribution in [-0.2, 0) is 9.47 Å². The Morgan fingerprint density at radius 2 is 2.15 bits per heavy atom. The number of nitrogens with one attached hydrogen (secondary N) is 1. The van der Waals surface area contributed by atoms with E-state index in [4.69, 9.17) is 9.47 Å². The van der Waals surface area contributed by atoms with Gasteiger partial charge < -0.3 is 19.7 Å². The summed E-state index contributed by atoms with van der Waals surface area (Å²) in [5.74, 6) is 0.631. The fourth-order valence-electron chi connectivity index (χ4n) is 2.81. The largest absolute Gasteiger partial charge is 0.444 e. The van der Waals surface area contributed by atoms with Crippen LogP contribution in [0.2, 0.25) is 0 Å². The molecule has 1 N–H and O–H groups in total. The van der Waals surface area contributed by atoms with E-state index in [1.54, 1.807) is 0 Å². The maximum absolute atomic E-state index is 12.1. The molecule has 0 aromatic carbocycles. The molecule has 2 rings (SSSR count). The summed E-state index contributed by atoms with van der Waals surface area (Å²) in [6, 6.07) is 0.271. The number of ether oxygens (including phenoxy) is 2. The number of rotatable bonds is 4. The predicted octanol–water partition coefficient (Wildman–Crippen LogP) is 2.01. The van der Waals surface area contributed by atoms with Crippen LogP contribution in [0.15, 0.2) is 0 Å². The lowest BCUT2D eigenvalue weighted by molar-refractivity contribution is 0.0226. The van der Waals surface area contributed by atoms with Gasteiger partial charge in [-0.2, -0.15) is 0 Å². The van der Waals surface area contributed by atoms with Gasteiger partial charge in [0.1, 0.15) is 5.60 Å². The zero-order valence-corrected chi connectivity index (χ0v) is 13.0. The van der Waals surface area contributed by atoms with Crippen LogP contribution in [0.5, 0.6) is 0 Å². The van der Waals surface area contributed by atoms with Crippen molar-refractivity contribution in [3.8, 4) is 0 Å². The predicted molar refractivity (Wildman–Crippen MR) is 77.8 cm³/mol. The highest BCUT2D eigenvalue weighted by Crippen LogP contribution is 2.20. The van der Waals surface area contributed by atoms with Crippen LogP contribution >= 0.6 is 0 Å². The third kappa shape index (κ3) is 4.63. The van der Waals surface area contributed by atoms with Gasteiger partial charge in [-0.3, -0.25) is 0 Å². The van der Waals surface area contributed by atoms with E-state index in [1.165, 1.54) is 0 Å². The molecule has 5 nitrogen and oxygen atoms in total. The average molecular weight is 284 g/mol. The number of carbonyl (C=O) groups excluding carboxylic acids is 1. The quantitative estimate of drug-likeness (QED) is 0.858. The first-order chi connectivity index (χ1) is 9.46. The summed E-state index contributed by atoms with van der Waals surface area (Å²) in [6.45, 7) is 10.1. The minimum absolute atomic E-state index is 0.175. The van der Waals surface area contributed by atoms with Crippen molar-refractivity contribution in [1.29, 1.82) is 0 Å². The Morgan fingerprint density at radius 3 is 2.80 bits per heavy atom. The van der Waals surface area contributed by atoms with Gasteiger partial charge in [0.2, 0.25) is 0 Å². The van der Waals surface area contributed by atoms with Gasteiger partial charge in [0, 0.05) is 32.3 Å². The molecule has 0 aromatic heterocycles. The molecule has 2 aliphatic heterocycles. The molecule has 116 valence electrons. The summed E-state index contributed by atoms with van der Waals surface area (Å²) in [6.07, 6.45) is 3.10. The molecule has 0 radical (unpaired) electrons. The van der Waals surface area contributed by atoms with Crippen LogP contribution in [0, 0.1) is 5.92 Å². The van der Waals surface area contributed by atoms with Gasteiger partial charge >= 0.3 is 6.09 Å². The van der Waals surface area contributed by atoms with E-state index in [0.29, 0.717) is 5.92 Å². The Kier molecular flexibility index (Phi) is 5.27. The van der Waals surface area contributed by atoms with Gasteiger partial charge in [0.15, 0.2) is 0 Å². The molecule has 2 unspecified atom stereocenters. The molecular formula is C15H28N2O3. The topological polar surface area (TPSA) is 50.8 Å². The molecule has 0 aromatic rings. The third-order valence-electron chi connectivity index (χ3n) is 3.84. The molecule has 0 saturated carbocycles. The number of hydrogen-bond acceptors (Lipinski definition) is 4. The smallest absolute Gasteiger partial charge is 0.410 e. The molecule has 5 heteroatoms. The lowest BCUT2D eigenvalue weighted by atomic mass is 10.1. The van der Waals surface area contributed by atoms with Crippen molar-refractivity contribution >= 4 is 6.09 Å². The molecule has 2 saturated heterocycles. The van der Waals surface area contributed by atoms with Crippen molar-refractivity contribution < 1.29 is 14.3 Å². The minimum atomic E-state index is -0.418. The van der Waals surface area contributed by atoms with Crippen LogP contribution in [-0.4, -0.2) is 55.5 Å². The van der Waals surface area contributed by atoms with E-state index in [-0.39, 0.29) is 12.1 Å². The second-order valence-corrected chi connectivity index (χ2v) is 6.86. The molecule has 2 fully saturated rings. The van der Waals surface area contributed by atoms with Gasteiger partial charge in [-0.05, 0) is 46.0 Å². The van der Waals surface area contributed by atoms with Crippen LogP contribution in [0.4, 0.5) is 4.79 Å². The molecule has 0 aliphatic carbocycles. The summed E-state index contributed by atoms with van der Waals surface area (Å²) in [5, 5.41) is 3.49. The number of amides is 1. The van der Waals surface area contributed by atoms with Crippen molar-refractivity contribution in [3.05, 3.63) is 0 Å². The van der Waals surface area contributed by atoms with Crippen molar-refractivity contribution in [3.63, 3.8) is 0 Å². The third-order valence-corrected chi connectivity index (χ3v) is 3.84. The van der Waals surface area contributed by atoms with Crippen LogP contribution in [0.25, 0.3) is 0 Å². The molecule has 2 atom stereocenters. The minimum Gasteiger partial charge on any atom is -0.444 e. The summed E-state index contributed by atoms with van der Waals surface area (Å²) in [4.78, 5) is 14.0. The summed E-state index contributed by atoms with van der Waals surface area (Å²) >= 11 is 0. The number of hydrogen-bond donors (Lipinski definition) is 1. The summed E-state index contributed by atoms with van der Waals surface area (Å²) in [7, 11) is 0. The Balaban J connectivity index is 1.73. The second-order valence-electron chi connectivity index (χ2n) is 6.86. The van der Waals surface area contributed by atoms with E-state index >= 15 is 0 Å². The average Bonchev–Trinajstić information content (AvgIpc) is 2.97. The Bertz CT molecular complexity index is 322. The molecule has 2 aliphatic rings. The van der Waals surface area contributed by atoms with Gasteiger partial charge in [0.05, 0.1) is 6.61 Å². The molecule has 0 spiro atoms. The zero-order chi connectivity index (χ0) is 14.6. The van der Waals surface area contributed by atoms with Gasteiger partial charge in [0.25, 0.3) is 0 Å². The Hall–Kier alpha value is -0.810. The highest BCUT2D eigenvalue weighted by Gasteiger charge is 2.31. The first-order valence-electron chi connectivity index (χ1n) is 7.74.